The fraction of sp³-hybridized carbons (Fsp3) is 0.619. The first-order chi connectivity index (χ1) is 12.2. The molecule has 1 aliphatic rings. The van der Waals surface area contributed by atoms with E-state index in [9.17, 15) is 4.79 Å². The molecule has 4 heteroatoms. The van der Waals surface area contributed by atoms with Crippen molar-refractivity contribution in [3.8, 4) is 5.75 Å². The highest BCUT2D eigenvalue weighted by atomic mass is 16.5. The molecule has 0 bridgehead atoms. The number of hydrogen-bond acceptors (Lipinski definition) is 3. The highest BCUT2D eigenvalue weighted by Crippen LogP contribution is 2.15. The summed E-state index contributed by atoms with van der Waals surface area (Å²) in [6.07, 6.45) is 13.6. The average molecular weight is 344 g/mol. The highest BCUT2D eigenvalue weighted by Gasteiger charge is 2.06. The molecule has 0 unspecified atom stereocenters. The molecule has 25 heavy (non-hydrogen) atoms. The van der Waals surface area contributed by atoms with Crippen LogP contribution in [0.25, 0.3) is 0 Å². The highest BCUT2D eigenvalue weighted by molar-refractivity contribution is 5.86. The lowest BCUT2D eigenvalue weighted by atomic mass is 10.00. The van der Waals surface area contributed by atoms with E-state index in [0.717, 1.165) is 24.1 Å². The lowest BCUT2D eigenvalue weighted by Crippen LogP contribution is -2.26. The van der Waals surface area contributed by atoms with Gasteiger partial charge in [-0.05, 0) is 50.3 Å². The Morgan fingerprint density at radius 3 is 2.20 bits per heavy atom. The molecular weight excluding hydrogens is 312 g/mol. The average Bonchev–Trinajstić information content (AvgIpc) is 2.59. The van der Waals surface area contributed by atoms with Crippen LogP contribution in [0.15, 0.2) is 29.4 Å². The number of ether oxygens (including phenoxy) is 1. The van der Waals surface area contributed by atoms with Gasteiger partial charge in [0.25, 0.3) is 5.91 Å². The largest absolute Gasteiger partial charge is 0.484 e. The topological polar surface area (TPSA) is 50.7 Å². The zero-order chi connectivity index (χ0) is 17.7. The summed E-state index contributed by atoms with van der Waals surface area (Å²) in [5, 5.41) is 4.38. The molecule has 0 atom stereocenters. The van der Waals surface area contributed by atoms with Gasteiger partial charge in [0.05, 0.1) is 0 Å². The summed E-state index contributed by atoms with van der Waals surface area (Å²) in [6.45, 7) is 2.00. The Morgan fingerprint density at radius 2 is 1.60 bits per heavy atom. The zero-order valence-electron chi connectivity index (χ0n) is 15.6. The Hall–Kier alpha value is -1.84. The van der Waals surface area contributed by atoms with E-state index in [4.69, 9.17) is 4.74 Å². The molecule has 138 valence electrons. The van der Waals surface area contributed by atoms with Gasteiger partial charge in [0, 0.05) is 5.71 Å². The van der Waals surface area contributed by atoms with Gasteiger partial charge in [-0.25, -0.2) is 5.43 Å². The summed E-state index contributed by atoms with van der Waals surface area (Å²) < 4.78 is 5.52. The van der Waals surface area contributed by atoms with Crippen LogP contribution in [-0.2, 0) is 4.79 Å². The van der Waals surface area contributed by atoms with Crippen molar-refractivity contribution in [2.45, 2.75) is 77.6 Å². The Labute approximate surface area is 152 Å². The second kappa shape index (κ2) is 11.7. The van der Waals surface area contributed by atoms with Crippen LogP contribution in [0.2, 0.25) is 0 Å². The maximum Gasteiger partial charge on any atom is 0.277 e. The van der Waals surface area contributed by atoms with Gasteiger partial charge in [0.15, 0.2) is 6.61 Å². The first kappa shape index (κ1) is 19.5. The van der Waals surface area contributed by atoms with Gasteiger partial charge < -0.3 is 4.74 Å². The molecule has 0 radical (unpaired) electrons. The van der Waals surface area contributed by atoms with Gasteiger partial charge in [0.2, 0.25) is 0 Å². The quantitative estimate of drug-likeness (QED) is 0.768. The Bertz CT molecular complexity index is 541. The molecule has 0 heterocycles. The molecule has 1 amide bonds. The normalized spacial score (nSPS) is 17.1. The SMILES string of the molecule is Cc1cccc(OCC(=O)NN=C2CCCCCCCCCCC2)c1. The van der Waals surface area contributed by atoms with E-state index in [0.29, 0.717) is 5.75 Å². The van der Waals surface area contributed by atoms with E-state index in [2.05, 4.69) is 10.5 Å². The van der Waals surface area contributed by atoms with Gasteiger partial charge in [-0.3, -0.25) is 4.79 Å². The van der Waals surface area contributed by atoms with Crippen LogP contribution >= 0.6 is 0 Å². The Balaban J connectivity index is 1.76. The molecule has 0 spiro atoms. The predicted molar refractivity (Wildman–Crippen MR) is 103 cm³/mol. The lowest BCUT2D eigenvalue weighted by Gasteiger charge is -2.10. The molecule has 0 aliphatic heterocycles. The number of benzene rings is 1. The molecule has 0 aromatic heterocycles. The van der Waals surface area contributed by atoms with Gasteiger partial charge >= 0.3 is 0 Å². The first-order valence-electron chi connectivity index (χ1n) is 9.78. The van der Waals surface area contributed by atoms with Crippen LogP contribution in [0.3, 0.4) is 0 Å². The minimum atomic E-state index is -0.194. The van der Waals surface area contributed by atoms with E-state index in [1.807, 2.05) is 31.2 Å². The molecule has 4 nitrogen and oxygen atoms in total. The number of rotatable bonds is 4. The number of hydrazone groups is 1. The lowest BCUT2D eigenvalue weighted by molar-refractivity contribution is -0.123. The molecule has 1 saturated carbocycles. The van der Waals surface area contributed by atoms with E-state index >= 15 is 0 Å². The van der Waals surface area contributed by atoms with Crippen molar-refractivity contribution < 1.29 is 9.53 Å². The second-order valence-corrected chi connectivity index (χ2v) is 7.00. The molecule has 1 aromatic carbocycles. The fourth-order valence-electron chi connectivity index (χ4n) is 3.16. The number of hydrogen-bond donors (Lipinski definition) is 1. The maximum atomic E-state index is 12.0. The van der Waals surface area contributed by atoms with Crippen LogP contribution in [0.4, 0.5) is 0 Å². The molecule has 1 N–H and O–H groups in total. The summed E-state index contributed by atoms with van der Waals surface area (Å²) in [7, 11) is 0. The summed E-state index contributed by atoms with van der Waals surface area (Å²) in [4.78, 5) is 12.0. The standard InChI is InChI=1S/C21H32N2O2/c1-18-12-11-15-20(16-18)25-17-21(24)23-22-19-13-9-7-5-3-2-4-6-8-10-14-19/h11-12,15-16H,2-10,13-14,17H2,1H3,(H,23,24). The number of nitrogens with one attached hydrogen (secondary N) is 1. The van der Waals surface area contributed by atoms with Crippen molar-refractivity contribution in [3.63, 3.8) is 0 Å². The van der Waals surface area contributed by atoms with E-state index in [1.54, 1.807) is 0 Å². The van der Waals surface area contributed by atoms with Crippen LogP contribution in [0, 0.1) is 6.92 Å². The third-order valence-electron chi connectivity index (χ3n) is 4.63. The van der Waals surface area contributed by atoms with Gasteiger partial charge in [-0.2, -0.15) is 5.10 Å². The van der Waals surface area contributed by atoms with Crippen molar-refractivity contribution in [2.24, 2.45) is 5.10 Å². The zero-order valence-corrected chi connectivity index (χ0v) is 15.6. The number of amides is 1. The predicted octanol–water partition coefficient (Wildman–Crippen LogP) is 5.15. The monoisotopic (exact) mass is 344 g/mol. The van der Waals surface area contributed by atoms with Gasteiger partial charge in [0.1, 0.15) is 5.75 Å². The van der Waals surface area contributed by atoms with Gasteiger partial charge in [-0.1, -0.05) is 57.1 Å². The second-order valence-electron chi connectivity index (χ2n) is 7.00. The van der Waals surface area contributed by atoms with E-state index < -0.39 is 0 Å². The van der Waals surface area contributed by atoms with Crippen LogP contribution < -0.4 is 10.2 Å². The summed E-state index contributed by atoms with van der Waals surface area (Å²) in [6, 6.07) is 7.71. The van der Waals surface area contributed by atoms with Gasteiger partial charge in [-0.15, -0.1) is 0 Å². The molecule has 0 saturated heterocycles. The fourth-order valence-corrected chi connectivity index (χ4v) is 3.16. The third kappa shape index (κ3) is 8.71. The van der Waals surface area contributed by atoms with E-state index in [1.165, 1.54) is 57.8 Å². The molecule has 2 rings (SSSR count). The summed E-state index contributed by atoms with van der Waals surface area (Å²) in [5.41, 5.74) is 4.92. The molecule has 1 aliphatic carbocycles. The van der Waals surface area contributed by atoms with Crippen molar-refractivity contribution >= 4 is 11.6 Å². The summed E-state index contributed by atoms with van der Waals surface area (Å²) >= 11 is 0. The Kier molecular flexibility index (Phi) is 9.09. The third-order valence-corrected chi connectivity index (χ3v) is 4.63. The van der Waals surface area contributed by atoms with Crippen LogP contribution in [0.5, 0.6) is 5.75 Å². The van der Waals surface area contributed by atoms with Crippen LogP contribution in [0.1, 0.15) is 76.2 Å². The summed E-state index contributed by atoms with van der Waals surface area (Å²) in [5.74, 6) is 0.522. The van der Waals surface area contributed by atoms with Crippen molar-refractivity contribution in [1.29, 1.82) is 0 Å². The van der Waals surface area contributed by atoms with Crippen molar-refractivity contribution in [2.75, 3.05) is 6.61 Å². The molecule has 1 fully saturated rings. The van der Waals surface area contributed by atoms with E-state index in [-0.39, 0.29) is 12.5 Å². The number of carbonyl (C=O) groups is 1. The first-order valence-corrected chi connectivity index (χ1v) is 9.78. The minimum absolute atomic E-state index is 0.000231. The number of aryl methyl sites for hydroxylation is 1. The number of nitrogens with zero attached hydrogens (tertiary/aromatic N) is 1. The molecular formula is C21H32N2O2. The van der Waals surface area contributed by atoms with Crippen molar-refractivity contribution in [3.05, 3.63) is 29.8 Å². The van der Waals surface area contributed by atoms with Crippen molar-refractivity contribution in [1.82, 2.24) is 5.43 Å². The molecule has 1 aromatic rings. The maximum absolute atomic E-state index is 12.0. The minimum Gasteiger partial charge on any atom is -0.484 e. The smallest absolute Gasteiger partial charge is 0.277 e. The Morgan fingerprint density at radius 1 is 1.00 bits per heavy atom. The number of carbonyl (C=O) groups excluding carboxylic acids is 1. The van der Waals surface area contributed by atoms with Crippen LogP contribution in [-0.4, -0.2) is 18.2 Å².